The van der Waals surface area contributed by atoms with Gasteiger partial charge in [-0.25, -0.2) is 4.57 Å². The first kappa shape index (κ1) is 68.7. The van der Waals surface area contributed by atoms with Crippen molar-refractivity contribution in [1.29, 1.82) is 0 Å². The van der Waals surface area contributed by atoms with Crippen LogP contribution in [0, 0.1) is 0 Å². The monoisotopic (exact) mass is 1020 g/mol. The minimum Gasteiger partial charge on any atom is -0.456 e. The van der Waals surface area contributed by atoms with Crippen LogP contribution in [0.3, 0.4) is 0 Å². The van der Waals surface area contributed by atoms with Crippen LogP contribution in [0.5, 0.6) is 0 Å². The highest BCUT2D eigenvalue weighted by molar-refractivity contribution is 7.47. The van der Waals surface area contributed by atoms with E-state index in [9.17, 15) is 19.0 Å². The minimum atomic E-state index is -4.47. The fraction of sp³-hybridized carbons (Fsp3) is 0.677. The van der Waals surface area contributed by atoms with E-state index in [4.69, 9.17) is 13.8 Å². The predicted octanol–water partition coefficient (Wildman–Crippen LogP) is 17.4. The van der Waals surface area contributed by atoms with Gasteiger partial charge < -0.3 is 19.4 Å². The molecule has 0 radical (unpaired) electrons. The summed E-state index contributed by atoms with van der Waals surface area (Å²) in [6, 6.07) is -0.881. The summed E-state index contributed by atoms with van der Waals surface area (Å²) in [7, 11) is 1.44. The Bertz CT molecular complexity index is 1600. The number of hydrogen-bond acceptors (Lipinski definition) is 6. The number of phosphoric acid groups is 1. The van der Waals surface area contributed by atoms with E-state index in [0.717, 1.165) is 83.5 Å². The van der Waals surface area contributed by atoms with Crippen molar-refractivity contribution in [3.8, 4) is 0 Å². The molecule has 1 amide bonds. The van der Waals surface area contributed by atoms with Gasteiger partial charge in [0.25, 0.3) is 0 Å². The molecule has 0 aromatic carbocycles. The Morgan fingerprint density at radius 1 is 0.514 bits per heavy atom. The largest absolute Gasteiger partial charge is 0.472 e. The van der Waals surface area contributed by atoms with Gasteiger partial charge >= 0.3 is 13.8 Å². The van der Waals surface area contributed by atoms with Gasteiger partial charge in [0.15, 0.2) is 0 Å². The second-order valence-corrected chi connectivity index (χ2v) is 21.7. The molecular formula is C62H108N2O7P+. The topological polar surface area (TPSA) is 111 Å². The lowest BCUT2D eigenvalue weighted by atomic mass is 10.0. The standard InChI is InChI=1S/C62H107N2O7P/c1-7-10-13-16-19-22-25-28-30-32-34-36-39-42-45-48-51-54-61(65)63-59(58-70-72(67,68)69-57-56-64(4,5)6)60(53-50-47-44-41-38-27-24-21-18-15-12-9-3)71-62(66)55-52-49-46-43-40-37-35-33-31-29-26-23-20-17-14-11-8-2/h10,13,16,19-20,22-23,25,28-32,34,36,39,50,53,59-60H,7-9,11-12,14-15,17-18,21,24,26-27,33,35,37-38,40-49,51-52,54-58H2,1-6H3,(H-,63,65,67,68)/p+1/b13-10-,19-16+,23-20-,25-22+,30-28-,31-29-,34-32+,39-36+,53-50+. The molecule has 10 heteroatoms. The Morgan fingerprint density at radius 3 is 1.49 bits per heavy atom. The molecule has 0 fully saturated rings. The Labute approximate surface area is 442 Å². The Morgan fingerprint density at radius 2 is 0.944 bits per heavy atom. The molecule has 412 valence electrons. The molecule has 0 aromatic heterocycles. The Kier molecular flexibility index (Phi) is 48.8. The molecule has 3 unspecified atom stereocenters. The molecule has 3 atom stereocenters. The third-order valence-electron chi connectivity index (χ3n) is 12.1. The van der Waals surface area contributed by atoms with Crippen LogP contribution >= 0.6 is 7.82 Å². The Hall–Kier alpha value is -3.33. The third-order valence-corrected chi connectivity index (χ3v) is 13.1. The zero-order valence-electron chi connectivity index (χ0n) is 46.9. The minimum absolute atomic E-state index is 0.0237. The van der Waals surface area contributed by atoms with E-state index < -0.39 is 20.0 Å². The van der Waals surface area contributed by atoms with Crippen LogP contribution in [-0.4, -0.2) is 74.3 Å². The van der Waals surface area contributed by atoms with E-state index in [2.05, 4.69) is 62.5 Å². The van der Waals surface area contributed by atoms with Crippen molar-refractivity contribution < 1.29 is 37.3 Å². The van der Waals surface area contributed by atoms with Crippen LogP contribution in [0.4, 0.5) is 0 Å². The number of phosphoric ester groups is 1. The molecule has 0 aliphatic rings. The van der Waals surface area contributed by atoms with E-state index in [1.54, 1.807) is 0 Å². The second-order valence-electron chi connectivity index (χ2n) is 20.2. The van der Waals surface area contributed by atoms with Crippen LogP contribution in [0.15, 0.2) is 109 Å². The summed E-state index contributed by atoms with van der Waals surface area (Å²) in [5.41, 5.74) is 0. The van der Waals surface area contributed by atoms with Crippen molar-refractivity contribution in [3.05, 3.63) is 109 Å². The summed E-state index contributed by atoms with van der Waals surface area (Å²) in [6.45, 7) is 6.78. The highest BCUT2D eigenvalue weighted by Gasteiger charge is 2.30. The predicted molar refractivity (Wildman–Crippen MR) is 309 cm³/mol. The van der Waals surface area contributed by atoms with Gasteiger partial charge in [-0.1, -0.05) is 233 Å². The number of amides is 1. The maximum atomic E-state index is 13.5. The molecule has 0 heterocycles. The quantitative estimate of drug-likeness (QED) is 0.0156. The summed E-state index contributed by atoms with van der Waals surface area (Å²) in [4.78, 5) is 37.6. The van der Waals surface area contributed by atoms with Gasteiger partial charge in [0.2, 0.25) is 5.91 Å². The molecule has 72 heavy (non-hydrogen) atoms. The molecule has 0 rings (SSSR count). The van der Waals surface area contributed by atoms with E-state index in [1.807, 2.05) is 94.1 Å². The van der Waals surface area contributed by atoms with Crippen molar-refractivity contribution in [2.75, 3.05) is 40.9 Å². The number of carbonyl (C=O) groups excluding carboxylic acids is 2. The van der Waals surface area contributed by atoms with Crippen molar-refractivity contribution in [3.63, 3.8) is 0 Å². The van der Waals surface area contributed by atoms with Crippen molar-refractivity contribution in [2.24, 2.45) is 0 Å². The van der Waals surface area contributed by atoms with Gasteiger partial charge in [0.1, 0.15) is 19.3 Å². The fourth-order valence-electron chi connectivity index (χ4n) is 7.65. The number of rotatable bonds is 50. The lowest BCUT2D eigenvalue weighted by molar-refractivity contribution is -0.870. The lowest BCUT2D eigenvalue weighted by Crippen LogP contribution is -2.47. The molecule has 0 aliphatic heterocycles. The van der Waals surface area contributed by atoms with E-state index in [0.29, 0.717) is 17.4 Å². The number of esters is 1. The summed E-state index contributed by atoms with van der Waals surface area (Å²) in [6.07, 6.45) is 69.4. The lowest BCUT2D eigenvalue weighted by Gasteiger charge is -2.27. The zero-order valence-corrected chi connectivity index (χ0v) is 47.8. The number of ether oxygens (including phenoxy) is 1. The number of nitrogens with zero attached hydrogens (tertiary/aromatic N) is 1. The van der Waals surface area contributed by atoms with Crippen LogP contribution in [0.2, 0.25) is 0 Å². The third kappa shape index (κ3) is 51.6. The number of likely N-dealkylation sites (N-methyl/N-ethyl adjacent to an activating group) is 1. The first-order chi connectivity index (χ1) is 34.9. The average Bonchev–Trinajstić information content (AvgIpc) is 3.34. The molecule has 0 aromatic rings. The molecular weight excluding hydrogens is 916 g/mol. The highest BCUT2D eigenvalue weighted by Crippen LogP contribution is 2.43. The number of unbranched alkanes of at least 4 members (excludes halogenated alkanes) is 23. The van der Waals surface area contributed by atoms with Gasteiger partial charge in [0.05, 0.1) is 33.8 Å². The maximum Gasteiger partial charge on any atom is 0.472 e. The van der Waals surface area contributed by atoms with Crippen molar-refractivity contribution in [2.45, 2.75) is 232 Å². The number of quaternary nitrogens is 1. The summed E-state index contributed by atoms with van der Waals surface area (Å²) in [5, 5.41) is 3.02. The number of nitrogens with one attached hydrogen (secondary N) is 1. The average molecular weight is 1020 g/mol. The van der Waals surface area contributed by atoms with Gasteiger partial charge in [-0.15, -0.1) is 0 Å². The SMILES string of the molecule is CC\C=C/C=C/C=C/C=C\C=C\C=C\CCCCCC(=O)NC(COP(=O)(O)OCC[N+](C)(C)C)C(/C=C/CCCCCCCCCCCC)OC(=O)CCCCCCCCC/C=C\C/C=C\CCCCC. The van der Waals surface area contributed by atoms with E-state index in [-0.39, 0.29) is 37.9 Å². The summed E-state index contributed by atoms with van der Waals surface area (Å²) in [5.74, 6) is -0.573. The van der Waals surface area contributed by atoms with Gasteiger partial charge in [0, 0.05) is 12.8 Å². The molecule has 0 aliphatic carbocycles. The molecule has 2 N–H and O–H groups in total. The van der Waals surface area contributed by atoms with Crippen LogP contribution in [-0.2, 0) is 27.9 Å². The smallest absolute Gasteiger partial charge is 0.456 e. The molecule has 0 bridgehead atoms. The Balaban J connectivity index is 5.46. The van der Waals surface area contributed by atoms with Gasteiger partial charge in [-0.2, -0.15) is 0 Å². The molecule has 0 spiro atoms. The maximum absolute atomic E-state index is 13.5. The van der Waals surface area contributed by atoms with Crippen LogP contribution < -0.4 is 5.32 Å². The van der Waals surface area contributed by atoms with Gasteiger partial charge in [-0.05, 0) is 83.1 Å². The van der Waals surface area contributed by atoms with E-state index >= 15 is 0 Å². The first-order valence-corrected chi connectivity index (χ1v) is 30.3. The van der Waals surface area contributed by atoms with Crippen molar-refractivity contribution >= 4 is 19.7 Å². The zero-order chi connectivity index (χ0) is 52.9. The fourth-order valence-corrected chi connectivity index (χ4v) is 8.38. The van der Waals surface area contributed by atoms with E-state index in [1.165, 1.54) is 96.3 Å². The highest BCUT2D eigenvalue weighted by atomic mass is 31.2. The number of carbonyl (C=O) groups is 2. The summed E-state index contributed by atoms with van der Waals surface area (Å²) >= 11 is 0. The normalized spacial score (nSPS) is 14.6. The van der Waals surface area contributed by atoms with Crippen LogP contribution in [0.25, 0.3) is 0 Å². The number of hydrogen-bond donors (Lipinski definition) is 2. The van der Waals surface area contributed by atoms with Gasteiger partial charge in [-0.3, -0.25) is 18.6 Å². The first-order valence-electron chi connectivity index (χ1n) is 28.8. The molecule has 0 saturated carbocycles. The van der Waals surface area contributed by atoms with Crippen LogP contribution in [0.1, 0.15) is 220 Å². The molecule has 9 nitrogen and oxygen atoms in total. The number of allylic oxidation sites excluding steroid dienone is 17. The summed E-state index contributed by atoms with van der Waals surface area (Å²) < 4.78 is 30.6. The second kappa shape index (κ2) is 51.2. The molecule has 0 saturated heterocycles. The van der Waals surface area contributed by atoms with Crippen molar-refractivity contribution in [1.82, 2.24) is 5.32 Å².